The third-order valence-corrected chi connectivity index (χ3v) is 4.09. The molecule has 2 aromatic carbocycles. The van der Waals surface area contributed by atoms with E-state index in [1.165, 1.54) is 18.3 Å². The first kappa shape index (κ1) is 17.7. The van der Waals surface area contributed by atoms with E-state index < -0.39 is 17.7 Å². The maximum absolute atomic E-state index is 12.9. The van der Waals surface area contributed by atoms with Gasteiger partial charge in [-0.25, -0.2) is 4.79 Å². The molecule has 1 heterocycles. The van der Waals surface area contributed by atoms with Crippen molar-refractivity contribution in [1.82, 2.24) is 4.98 Å². The van der Waals surface area contributed by atoms with Crippen molar-refractivity contribution >= 4 is 28.2 Å². The van der Waals surface area contributed by atoms with Crippen molar-refractivity contribution in [3.8, 4) is 0 Å². The van der Waals surface area contributed by atoms with E-state index in [1.807, 2.05) is 6.92 Å². The van der Waals surface area contributed by atoms with Crippen LogP contribution in [-0.2, 0) is 12.6 Å². The maximum Gasteiger partial charge on any atom is 0.416 e. The summed E-state index contributed by atoms with van der Waals surface area (Å²) in [6.45, 7) is 1.90. The lowest BCUT2D eigenvalue weighted by Crippen LogP contribution is -2.07. The molecule has 7 heteroatoms. The van der Waals surface area contributed by atoms with Gasteiger partial charge in [0, 0.05) is 17.3 Å². The SMILES string of the molecule is CCc1cccc(C(=O)O)c1Nc1ccnc2cc(C(F)(F)F)ccc12. The number of fused-ring (bicyclic) bond motifs is 1. The minimum absolute atomic E-state index is 0.0984. The van der Waals surface area contributed by atoms with Crippen LogP contribution in [0.1, 0.15) is 28.4 Å². The first-order valence-corrected chi connectivity index (χ1v) is 7.89. The molecule has 0 fully saturated rings. The number of pyridine rings is 1. The number of anilines is 2. The van der Waals surface area contributed by atoms with Crippen molar-refractivity contribution in [2.24, 2.45) is 0 Å². The summed E-state index contributed by atoms with van der Waals surface area (Å²) in [6, 6.07) is 9.85. The normalized spacial score (nSPS) is 11.5. The van der Waals surface area contributed by atoms with Crippen LogP contribution in [0.15, 0.2) is 48.7 Å². The molecule has 0 unspecified atom stereocenters. The lowest BCUT2D eigenvalue weighted by atomic mass is 10.0. The lowest BCUT2D eigenvalue weighted by molar-refractivity contribution is -0.137. The first-order valence-electron chi connectivity index (χ1n) is 7.89. The van der Waals surface area contributed by atoms with Gasteiger partial charge in [0.25, 0.3) is 0 Å². The van der Waals surface area contributed by atoms with E-state index in [2.05, 4.69) is 10.3 Å². The third kappa shape index (κ3) is 3.33. The molecular weight excluding hydrogens is 345 g/mol. The van der Waals surface area contributed by atoms with Crippen LogP contribution >= 0.6 is 0 Å². The summed E-state index contributed by atoms with van der Waals surface area (Å²) in [5.41, 5.74) is 1.20. The number of aromatic carboxylic acids is 1. The lowest BCUT2D eigenvalue weighted by Gasteiger charge is -2.16. The zero-order valence-electron chi connectivity index (χ0n) is 13.8. The molecule has 0 amide bonds. The van der Waals surface area contributed by atoms with Crippen LogP contribution in [-0.4, -0.2) is 16.1 Å². The minimum atomic E-state index is -4.45. The molecule has 0 spiro atoms. The Balaban J connectivity index is 2.12. The molecule has 2 N–H and O–H groups in total. The average Bonchev–Trinajstić information content (AvgIpc) is 2.60. The quantitative estimate of drug-likeness (QED) is 0.666. The number of nitrogens with zero attached hydrogens (tertiary/aromatic N) is 1. The summed E-state index contributed by atoms with van der Waals surface area (Å²) in [7, 11) is 0. The highest BCUT2D eigenvalue weighted by atomic mass is 19.4. The Bertz CT molecular complexity index is 984. The summed E-state index contributed by atoms with van der Waals surface area (Å²) in [6.07, 6.45) is -2.46. The number of carboxylic acids is 1. The molecule has 0 saturated carbocycles. The second kappa shape index (κ2) is 6.67. The van der Waals surface area contributed by atoms with Gasteiger partial charge >= 0.3 is 12.1 Å². The molecule has 0 bridgehead atoms. The second-order valence-electron chi connectivity index (χ2n) is 5.71. The van der Waals surface area contributed by atoms with Gasteiger partial charge < -0.3 is 10.4 Å². The van der Waals surface area contributed by atoms with E-state index in [0.29, 0.717) is 23.2 Å². The number of para-hydroxylation sites is 1. The van der Waals surface area contributed by atoms with Crippen molar-refractivity contribution in [3.63, 3.8) is 0 Å². The monoisotopic (exact) mass is 360 g/mol. The number of carboxylic acid groups (broad SMARTS) is 1. The van der Waals surface area contributed by atoms with Crippen molar-refractivity contribution in [2.75, 3.05) is 5.32 Å². The molecule has 4 nitrogen and oxygen atoms in total. The number of aromatic nitrogens is 1. The smallest absolute Gasteiger partial charge is 0.416 e. The van der Waals surface area contributed by atoms with E-state index in [-0.39, 0.29) is 11.1 Å². The summed E-state index contributed by atoms with van der Waals surface area (Å²) in [4.78, 5) is 15.5. The fourth-order valence-corrected chi connectivity index (χ4v) is 2.79. The predicted molar refractivity (Wildman–Crippen MR) is 92.8 cm³/mol. The number of alkyl halides is 3. The van der Waals surface area contributed by atoms with Gasteiger partial charge in [-0.05, 0) is 36.2 Å². The molecule has 0 aliphatic heterocycles. The van der Waals surface area contributed by atoms with Crippen molar-refractivity contribution in [2.45, 2.75) is 19.5 Å². The Morgan fingerprint density at radius 1 is 1.19 bits per heavy atom. The highest BCUT2D eigenvalue weighted by Gasteiger charge is 2.30. The molecule has 0 radical (unpaired) electrons. The van der Waals surface area contributed by atoms with Crippen LogP contribution in [0.3, 0.4) is 0 Å². The van der Waals surface area contributed by atoms with Gasteiger partial charge in [-0.15, -0.1) is 0 Å². The number of benzene rings is 2. The largest absolute Gasteiger partial charge is 0.478 e. The fraction of sp³-hybridized carbons (Fsp3) is 0.158. The van der Waals surface area contributed by atoms with Gasteiger partial charge in [0.2, 0.25) is 0 Å². The number of hydrogen-bond donors (Lipinski definition) is 2. The van der Waals surface area contributed by atoms with Gasteiger partial charge in [-0.1, -0.05) is 25.1 Å². The maximum atomic E-state index is 12.9. The van der Waals surface area contributed by atoms with Gasteiger partial charge in [0.05, 0.1) is 22.3 Å². The van der Waals surface area contributed by atoms with Crippen LogP contribution < -0.4 is 5.32 Å². The van der Waals surface area contributed by atoms with Gasteiger partial charge in [0.15, 0.2) is 0 Å². The van der Waals surface area contributed by atoms with Crippen LogP contribution in [0.25, 0.3) is 10.9 Å². The van der Waals surface area contributed by atoms with Crippen LogP contribution in [0, 0.1) is 0 Å². The first-order chi connectivity index (χ1) is 12.3. The standard InChI is InChI=1S/C19H15F3N2O2/c1-2-11-4-3-5-14(18(25)26)17(11)24-15-8-9-23-16-10-12(19(20,21)22)6-7-13(15)16/h3-10H,2H2,1H3,(H,23,24)(H,25,26). The molecule has 134 valence electrons. The molecule has 0 aliphatic carbocycles. The zero-order valence-corrected chi connectivity index (χ0v) is 13.8. The highest BCUT2D eigenvalue weighted by Crippen LogP contribution is 2.34. The summed E-state index contributed by atoms with van der Waals surface area (Å²) < 4.78 is 38.7. The average molecular weight is 360 g/mol. The van der Waals surface area contributed by atoms with E-state index in [1.54, 1.807) is 18.2 Å². The zero-order chi connectivity index (χ0) is 18.9. The van der Waals surface area contributed by atoms with Crippen molar-refractivity contribution in [1.29, 1.82) is 0 Å². The second-order valence-corrected chi connectivity index (χ2v) is 5.71. The highest BCUT2D eigenvalue weighted by molar-refractivity contribution is 5.99. The fourth-order valence-electron chi connectivity index (χ4n) is 2.79. The Morgan fingerprint density at radius 2 is 1.96 bits per heavy atom. The number of rotatable bonds is 4. The predicted octanol–water partition coefficient (Wildman–Crippen LogP) is 5.26. The van der Waals surface area contributed by atoms with E-state index in [0.717, 1.165) is 17.7 Å². The van der Waals surface area contributed by atoms with Gasteiger partial charge in [-0.3, -0.25) is 4.98 Å². The molecule has 0 saturated heterocycles. The van der Waals surface area contributed by atoms with E-state index in [9.17, 15) is 23.1 Å². The summed E-state index contributed by atoms with van der Waals surface area (Å²) in [5, 5.41) is 13.0. The number of aryl methyl sites for hydroxylation is 1. The topological polar surface area (TPSA) is 62.2 Å². The summed E-state index contributed by atoms with van der Waals surface area (Å²) >= 11 is 0. The molecule has 0 atom stereocenters. The number of halogens is 3. The minimum Gasteiger partial charge on any atom is -0.478 e. The molecule has 0 aliphatic rings. The Hall–Kier alpha value is -3.09. The Kier molecular flexibility index (Phi) is 4.54. The van der Waals surface area contributed by atoms with Crippen LogP contribution in [0.2, 0.25) is 0 Å². The summed E-state index contributed by atoms with van der Waals surface area (Å²) in [5.74, 6) is -1.08. The van der Waals surface area contributed by atoms with Gasteiger partial charge in [0.1, 0.15) is 0 Å². The number of carbonyl (C=O) groups is 1. The number of nitrogens with one attached hydrogen (secondary N) is 1. The van der Waals surface area contributed by atoms with Gasteiger partial charge in [-0.2, -0.15) is 13.2 Å². The molecule has 3 rings (SSSR count). The Labute approximate surface area is 147 Å². The van der Waals surface area contributed by atoms with Crippen molar-refractivity contribution < 1.29 is 23.1 Å². The third-order valence-electron chi connectivity index (χ3n) is 4.09. The number of hydrogen-bond acceptors (Lipinski definition) is 3. The molecule has 3 aromatic rings. The Morgan fingerprint density at radius 3 is 2.62 bits per heavy atom. The van der Waals surface area contributed by atoms with Crippen molar-refractivity contribution in [3.05, 3.63) is 65.4 Å². The molecule has 1 aromatic heterocycles. The molecule has 26 heavy (non-hydrogen) atoms. The van der Waals surface area contributed by atoms with Crippen LogP contribution in [0.5, 0.6) is 0 Å². The molecular formula is C19H15F3N2O2. The van der Waals surface area contributed by atoms with E-state index >= 15 is 0 Å². The van der Waals surface area contributed by atoms with Crippen LogP contribution in [0.4, 0.5) is 24.5 Å². The van der Waals surface area contributed by atoms with E-state index in [4.69, 9.17) is 0 Å².